The van der Waals surface area contributed by atoms with Gasteiger partial charge in [0.05, 0.1) is 0 Å². The molecule has 90 valence electrons. The zero-order valence-corrected chi connectivity index (χ0v) is 9.91. The van der Waals surface area contributed by atoms with Gasteiger partial charge in [0.15, 0.2) is 0 Å². The van der Waals surface area contributed by atoms with Gasteiger partial charge in [-0.3, -0.25) is 4.55 Å². The van der Waals surface area contributed by atoms with Gasteiger partial charge in [-0.25, -0.2) is 4.39 Å². The number of halogens is 1. The molecule has 5 heteroatoms. The molecule has 0 aliphatic carbocycles. The van der Waals surface area contributed by atoms with Crippen LogP contribution in [0.3, 0.4) is 0 Å². The normalized spacial score (nSPS) is 15.7. The van der Waals surface area contributed by atoms with Crippen LogP contribution in [0.25, 0.3) is 10.8 Å². The van der Waals surface area contributed by atoms with E-state index in [1.807, 2.05) is 12.1 Å². The lowest BCUT2D eigenvalue weighted by Gasteiger charge is -2.17. The lowest BCUT2D eigenvalue weighted by atomic mass is 10.0. The number of alkyl halides is 1. The van der Waals surface area contributed by atoms with Crippen molar-refractivity contribution in [1.29, 1.82) is 0 Å². The van der Waals surface area contributed by atoms with Crippen molar-refractivity contribution in [3.8, 4) is 0 Å². The fraction of sp³-hybridized carbons (Fsp3) is 0.167. The van der Waals surface area contributed by atoms with Gasteiger partial charge in [-0.15, -0.1) is 0 Å². The van der Waals surface area contributed by atoms with Gasteiger partial charge >= 0.3 is 10.1 Å². The van der Waals surface area contributed by atoms with Crippen LogP contribution in [-0.2, 0) is 15.1 Å². The Morgan fingerprint density at radius 3 is 2.29 bits per heavy atom. The molecule has 0 bridgehead atoms. The molecule has 2 aromatic carbocycles. The minimum Gasteiger partial charge on any atom is -0.283 e. The van der Waals surface area contributed by atoms with Gasteiger partial charge in [0.2, 0.25) is 0 Å². The molecule has 3 nitrogen and oxygen atoms in total. The standard InChI is InChI=1S/C12H11FO3S/c1-12(13,17(14,15)16)11-7-6-9-4-2-3-5-10(9)8-11/h2-8H,1H3,(H,14,15,16). The molecular formula is C12H11FO3S. The van der Waals surface area contributed by atoms with E-state index >= 15 is 0 Å². The number of rotatable bonds is 2. The highest BCUT2D eigenvalue weighted by molar-refractivity contribution is 7.86. The molecule has 1 unspecified atom stereocenters. The molecule has 2 rings (SSSR count). The number of hydrogen-bond donors (Lipinski definition) is 1. The molecule has 0 spiro atoms. The number of hydrogen-bond acceptors (Lipinski definition) is 2. The Morgan fingerprint density at radius 1 is 1.12 bits per heavy atom. The third-order valence-corrected chi connectivity index (χ3v) is 3.95. The van der Waals surface area contributed by atoms with Crippen LogP contribution in [0.1, 0.15) is 12.5 Å². The van der Waals surface area contributed by atoms with E-state index in [4.69, 9.17) is 4.55 Å². The van der Waals surface area contributed by atoms with Crippen LogP contribution in [0.15, 0.2) is 42.5 Å². The first-order valence-electron chi connectivity index (χ1n) is 4.97. The molecule has 0 aromatic heterocycles. The van der Waals surface area contributed by atoms with Crippen LogP contribution in [-0.4, -0.2) is 13.0 Å². The minimum atomic E-state index is -4.79. The molecule has 1 N–H and O–H groups in total. The number of fused-ring (bicyclic) bond motifs is 1. The predicted molar refractivity (Wildman–Crippen MR) is 64.0 cm³/mol. The Balaban J connectivity index is 2.65. The molecule has 0 aliphatic rings. The lowest BCUT2D eigenvalue weighted by Crippen LogP contribution is -2.26. The highest BCUT2D eigenvalue weighted by atomic mass is 32.2. The average molecular weight is 254 g/mol. The first kappa shape index (κ1) is 12.0. The molecule has 2 aromatic rings. The van der Waals surface area contributed by atoms with Crippen molar-refractivity contribution in [2.24, 2.45) is 0 Å². The summed E-state index contributed by atoms with van der Waals surface area (Å²) in [6.07, 6.45) is 0. The quantitative estimate of drug-likeness (QED) is 0.838. The lowest BCUT2D eigenvalue weighted by molar-refractivity contribution is 0.271. The van der Waals surface area contributed by atoms with Crippen molar-refractivity contribution >= 4 is 20.9 Å². The summed E-state index contributed by atoms with van der Waals surface area (Å²) in [4.78, 5) is 0. The summed E-state index contributed by atoms with van der Waals surface area (Å²) >= 11 is 0. The van der Waals surface area contributed by atoms with Crippen molar-refractivity contribution < 1.29 is 17.4 Å². The molecule has 17 heavy (non-hydrogen) atoms. The van der Waals surface area contributed by atoms with Crippen molar-refractivity contribution in [3.05, 3.63) is 48.0 Å². The van der Waals surface area contributed by atoms with E-state index < -0.39 is 15.1 Å². The monoisotopic (exact) mass is 254 g/mol. The van der Waals surface area contributed by atoms with Gasteiger partial charge in [-0.2, -0.15) is 8.42 Å². The molecule has 0 saturated carbocycles. The van der Waals surface area contributed by atoms with Crippen molar-refractivity contribution in [3.63, 3.8) is 0 Å². The highest BCUT2D eigenvalue weighted by Crippen LogP contribution is 2.32. The smallest absolute Gasteiger partial charge is 0.283 e. The van der Waals surface area contributed by atoms with E-state index in [0.29, 0.717) is 0 Å². The Kier molecular flexibility index (Phi) is 2.67. The van der Waals surface area contributed by atoms with Gasteiger partial charge in [-0.1, -0.05) is 36.4 Å². The Morgan fingerprint density at radius 2 is 1.71 bits per heavy atom. The summed E-state index contributed by atoms with van der Waals surface area (Å²) in [6, 6.07) is 11.6. The Bertz CT molecular complexity index is 662. The van der Waals surface area contributed by atoms with Crippen molar-refractivity contribution in [2.45, 2.75) is 11.9 Å². The summed E-state index contributed by atoms with van der Waals surface area (Å²) < 4.78 is 44.8. The van der Waals surface area contributed by atoms with Crippen molar-refractivity contribution in [1.82, 2.24) is 0 Å². The van der Waals surface area contributed by atoms with Gasteiger partial charge in [0.1, 0.15) is 0 Å². The zero-order valence-electron chi connectivity index (χ0n) is 9.09. The summed E-state index contributed by atoms with van der Waals surface area (Å²) in [6.45, 7) is 0.826. The molecule has 0 saturated heterocycles. The highest BCUT2D eigenvalue weighted by Gasteiger charge is 2.40. The largest absolute Gasteiger partial charge is 0.304 e. The minimum absolute atomic E-state index is 0.0845. The fourth-order valence-electron chi connectivity index (χ4n) is 1.62. The van der Waals surface area contributed by atoms with E-state index in [1.54, 1.807) is 18.2 Å². The van der Waals surface area contributed by atoms with E-state index in [0.717, 1.165) is 17.7 Å². The van der Waals surface area contributed by atoms with Crippen LogP contribution in [0.5, 0.6) is 0 Å². The first-order valence-corrected chi connectivity index (χ1v) is 6.41. The summed E-state index contributed by atoms with van der Waals surface area (Å²) in [5.41, 5.74) is -0.0845. The maximum Gasteiger partial charge on any atom is 0.304 e. The summed E-state index contributed by atoms with van der Waals surface area (Å²) in [7, 11) is -4.79. The van der Waals surface area contributed by atoms with Crippen LogP contribution in [0.4, 0.5) is 4.39 Å². The fourth-order valence-corrected chi connectivity index (χ4v) is 2.04. The first-order chi connectivity index (χ1) is 7.82. The van der Waals surface area contributed by atoms with Gasteiger partial charge in [0, 0.05) is 5.56 Å². The third kappa shape index (κ3) is 2.03. The summed E-state index contributed by atoms with van der Waals surface area (Å²) in [5, 5.41) is -1.20. The topological polar surface area (TPSA) is 54.4 Å². The molecule has 0 radical (unpaired) electrons. The third-order valence-electron chi connectivity index (χ3n) is 2.75. The van der Waals surface area contributed by atoms with Crippen molar-refractivity contribution in [2.75, 3.05) is 0 Å². The molecule has 0 aliphatic heterocycles. The second kappa shape index (κ2) is 3.78. The van der Waals surface area contributed by atoms with Crippen LogP contribution in [0, 0.1) is 0 Å². The van der Waals surface area contributed by atoms with E-state index in [-0.39, 0.29) is 5.56 Å². The van der Waals surface area contributed by atoms with Crippen LogP contribution < -0.4 is 0 Å². The van der Waals surface area contributed by atoms with E-state index in [9.17, 15) is 12.8 Å². The maximum absolute atomic E-state index is 14.0. The predicted octanol–water partition coefficient (Wildman–Crippen LogP) is 2.87. The molecule has 0 heterocycles. The second-order valence-electron chi connectivity index (χ2n) is 3.95. The summed E-state index contributed by atoms with van der Waals surface area (Å²) in [5.74, 6) is 0. The molecule has 0 amide bonds. The van der Waals surface area contributed by atoms with Crippen LogP contribution in [0.2, 0.25) is 0 Å². The number of benzene rings is 2. The average Bonchev–Trinajstić information content (AvgIpc) is 2.27. The van der Waals surface area contributed by atoms with Crippen LogP contribution >= 0.6 is 0 Å². The van der Waals surface area contributed by atoms with E-state index in [2.05, 4.69) is 0 Å². The van der Waals surface area contributed by atoms with Gasteiger partial charge < -0.3 is 0 Å². The zero-order chi connectivity index (χ0) is 12.7. The molecule has 0 fully saturated rings. The molecular weight excluding hydrogens is 243 g/mol. The van der Waals surface area contributed by atoms with Gasteiger partial charge in [0.25, 0.3) is 5.00 Å². The second-order valence-corrected chi connectivity index (χ2v) is 5.67. The Hall–Kier alpha value is -1.46. The molecule has 1 atom stereocenters. The van der Waals surface area contributed by atoms with E-state index in [1.165, 1.54) is 12.1 Å². The Labute approximate surface area is 98.6 Å². The van der Waals surface area contributed by atoms with Gasteiger partial charge in [-0.05, 0) is 23.8 Å². The SMILES string of the molecule is CC(F)(c1ccc2ccccc2c1)S(=O)(=O)O. The maximum atomic E-state index is 14.0.